The van der Waals surface area contributed by atoms with Gasteiger partial charge in [0.25, 0.3) is 0 Å². The van der Waals surface area contributed by atoms with Crippen LogP contribution in [0.4, 0.5) is 10.1 Å². The van der Waals surface area contributed by atoms with Crippen molar-refractivity contribution >= 4 is 21.6 Å². The largest absolute Gasteiger partial charge is 0.489 e. The summed E-state index contributed by atoms with van der Waals surface area (Å²) in [7, 11) is -3.32. The molecule has 0 bridgehead atoms. The highest BCUT2D eigenvalue weighted by Crippen LogP contribution is 2.35. The number of nitrogens with zero attached hydrogens (tertiary/aromatic N) is 1. The van der Waals surface area contributed by atoms with Gasteiger partial charge < -0.3 is 9.64 Å². The molecule has 2 aliphatic heterocycles. The average molecular weight is 328 g/mol. The number of rotatable bonds is 2. The van der Waals surface area contributed by atoms with E-state index in [2.05, 4.69) is 4.72 Å². The molecule has 1 atom stereocenters. The van der Waals surface area contributed by atoms with Crippen molar-refractivity contribution in [2.24, 2.45) is 0 Å². The summed E-state index contributed by atoms with van der Waals surface area (Å²) in [5.41, 5.74) is -0.692. The summed E-state index contributed by atoms with van der Waals surface area (Å²) >= 11 is 0. The first kappa shape index (κ1) is 15.2. The molecule has 6 nitrogen and oxygen atoms in total. The zero-order chi connectivity index (χ0) is 16.0. The van der Waals surface area contributed by atoms with Crippen LogP contribution in [0.2, 0.25) is 0 Å². The van der Waals surface area contributed by atoms with Gasteiger partial charge in [0.05, 0.1) is 12.3 Å². The van der Waals surface area contributed by atoms with E-state index in [1.807, 2.05) is 0 Å². The van der Waals surface area contributed by atoms with Gasteiger partial charge in [-0.15, -0.1) is 0 Å². The lowest BCUT2D eigenvalue weighted by molar-refractivity contribution is -0.120. The Labute approximate surface area is 128 Å². The summed E-state index contributed by atoms with van der Waals surface area (Å²) in [4.78, 5) is 13.9. The summed E-state index contributed by atoms with van der Waals surface area (Å²) in [5, 5.41) is 0. The highest BCUT2D eigenvalue weighted by Gasteiger charge is 2.41. The molecule has 2 heterocycles. The van der Waals surface area contributed by atoms with E-state index in [9.17, 15) is 17.6 Å². The minimum Gasteiger partial charge on any atom is -0.489 e. The SMILES string of the molecule is CC1(CC(=O)N2CCOc3cccc(F)c32)CCS(=O)(=O)N1. The van der Waals surface area contributed by atoms with Crippen LogP contribution in [-0.2, 0) is 14.8 Å². The number of benzene rings is 1. The molecule has 3 rings (SSSR count). The number of nitrogens with one attached hydrogen (secondary N) is 1. The Morgan fingerprint density at radius 1 is 1.50 bits per heavy atom. The van der Waals surface area contributed by atoms with Crippen LogP contribution < -0.4 is 14.4 Å². The zero-order valence-corrected chi connectivity index (χ0v) is 13.0. The number of anilines is 1. The Kier molecular flexibility index (Phi) is 3.60. The minimum absolute atomic E-state index is 0.00480. The van der Waals surface area contributed by atoms with Crippen LogP contribution in [0.5, 0.6) is 5.75 Å². The third-order valence-electron chi connectivity index (χ3n) is 3.96. The number of halogens is 1. The molecule has 0 aromatic heterocycles. The van der Waals surface area contributed by atoms with Crippen molar-refractivity contribution in [3.05, 3.63) is 24.0 Å². The molecule has 120 valence electrons. The maximum Gasteiger partial charge on any atom is 0.229 e. The van der Waals surface area contributed by atoms with Gasteiger partial charge in [0.2, 0.25) is 15.9 Å². The number of para-hydroxylation sites is 1. The van der Waals surface area contributed by atoms with Gasteiger partial charge in [-0.3, -0.25) is 4.79 Å². The van der Waals surface area contributed by atoms with Crippen molar-refractivity contribution in [3.8, 4) is 5.75 Å². The van der Waals surface area contributed by atoms with E-state index in [-0.39, 0.29) is 36.9 Å². The second-order valence-electron chi connectivity index (χ2n) is 5.89. The first-order chi connectivity index (χ1) is 10.3. The zero-order valence-electron chi connectivity index (χ0n) is 12.1. The van der Waals surface area contributed by atoms with Gasteiger partial charge in [-0.25, -0.2) is 17.5 Å². The molecule has 1 N–H and O–H groups in total. The third kappa shape index (κ3) is 2.80. The number of fused-ring (bicyclic) bond motifs is 1. The van der Waals surface area contributed by atoms with Crippen LogP contribution in [0.25, 0.3) is 0 Å². The van der Waals surface area contributed by atoms with Crippen LogP contribution in [-0.4, -0.2) is 38.8 Å². The average Bonchev–Trinajstić information content (AvgIpc) is 2.72. The van der Waals surface area contributed by atoms with Gasteiger partial charge in [-0.2, -0.15) is 0 Å². The normalized spacial score (nSPS) is 26.4. The number of ether oxygens (including phenoxy) is 1. The number of hydrogen-bond acceptors (Lipinski definition) is 4. The lowest BCUT2D eigenvalue weighted by Gasteiger charge is -2.32. The lowest BCUT2D eigenvalue weighted by atomic mass is 9.95. The smallest absolute Gasteiger partial charge is 0.229 e. The Balaban J connectivity index is 1.83. The number of carbonyl (C=O) groups excluding carboxylic acids is 1. The van der Waals surface area contributed by atoms with Crippen LogP contribution in [0.15, 0.2) is 18.2 Å². The molecule has 8 heteroatoms. The van der Waals surface area contributed by atoms with Gasteiger partial charge in [-0.1, -0.05) is 6.07 Å². The van der Waals surface area contributed by atoms with Crippen molar-refractivity contribution in [1.82, 2.24) is 4.72 Å². The van der Waals surface area contributed by atoms with Crippen LogP contribution in [0.3, 0.4) is 0 Å². The van der Waals surface area contributed by atoms with E-state index in [0.29, 0.717) is 12.2 Å². The Hall–Kier alpha value is -1.67. The highest BCUT2D eigenvalue weighted by molar-refractivity contribution is 7.89. The van der Waals surface area contributed by atoms with E-state index in [1.165, 1.54) is 17.0 Å². The van der Waals surface area contributed by atoms with E-state index >= 15 is 0 Å². The van der Waals surface area contributed by atoms with E-state index in [1.54, 1.807) is 13.0 Å². The Morgan fingerprint density at radius 2 is 2.27 bits per heavy atom. The topological polar surface area (TPSA) is 75.7 Å². The molecule has 0 spiro atoms. The second-order valence-corrected chi connectivity index (χ2v) is 7.73. The fourth-order valence-corrected chi connectivity index (χ4v) is 4.62. The van der Waals surface area contributed by atoms with Crippen molar-refractivity contribution in [2.75, 3.05) is 23.8 Å². The molecule has 1 amide bonds. The van der Waals surface area contributed by atoms with Gasteiger partial charge in [0.1, 0.15) is 18.0 Å². The van der Waals surface area contributed by atoms with Gasteiger partial charge >= 0.3 is 0 Å². The number of hydrogen-bond donors (Lipinski definition) is 1. The van der Waals surface area contributed by atoms with Crippen molar-refractivity contribution < 1.29 is 22.3 Å². The molecule has 22 heavy (non-hydrogen) atoms. The van der Waals surface area contributed by atoms with Crippen molar-refractivity contribution in [2.45, 2.75) is 25.3 Å². The Bertz CT molecular complexity index is 722. The first-order valence-electron chi connectivity index (χ1n) is 7.03. The number of sulfonamides is 1. The summed E-state index contributed by atoms with van der Waals surface area (Å²) in [6.07, 6.45) is 0.343. The van der Waals surface area contributed by atoms with Gasteiger partial charge in [0.15, 0.2) is 5.82 Å². The fraction of sp³-hybridized carbons (Fsp3) is 0.500. The fourth-order valence-electron chi connectivity index (χ4n) is 2.87. The standard InChI is InChI=1S/C14H17FN2O4S/c1-14(5-8-22(19,20)16-14)9-12(18)17-6-7-21-11-4-2-3-10(15)13(11)17/h2-4,16H,5-9H2,1H3. The summed E-state index contributed by atoms with van der Waals surface area (Å²) in [6, 6.07) is 4.40. The Morgan fingerprint density at radius 3 is 2.95 bits per heavy atom. The summed E-state index contributed by atoms with van der Waals surface area (Å²) in [6.45, 7) is 2.22. The molecule has 1 fully saturated rings. The molecular formula is C14H17FN2O4S. The minimum atomic E-state index is -3.32. The monoisotopic (exact) mass is 328 g/mol. The molecular weight excluding hydrogens is 311 g/mol. The van der Waals surface area contributed by atoms with Gasteiger partial charge in [0, 0.05) is 12.0 Å². The molecule has 0 aliphatic carbocycles. The maximum atomic E-state index is 14.0. The van der Waals surface area contributed by atoms with Crippen molar-refractivity contribution in [3.63, 3.8) is 0 Å². The highest BCUT2D eigenvalue weighted by atomic mass is 32.2. The number of amides is 1. The predicted molar refractivity (Wildman–Crippen MR) is 78.8 cm³/mol. The van der Waals surface area contributed by atoms with Crippen LogP contribution in [0.1, 0.15) is 19.8 Å². The molecule has 1 saturated heterocycles. The summed E-state index contributed by atoms with van der Waals surface area (Å²) in [5.74, 6) is -0.508. The second kappa shape index (κ2) is 5.20. The van der Waals surface area contributed by atoms with Gasteiger partial charge in [-0.05, 0) is 25.5 Å². The van der Waals surface area contributed by atoms with E-state index in [0.717, 1.165) is 0 Å². The molecule has 2 aliphatic rings. The summed E-state index contributed by atoms with van der Waals surface area (Å²) < 4.78 is 45.0. The van der Waals surface area contributed by atoms with E-state index < -0.39 is 21.4 Å². The molecule has 0 radical (unpaired) electrons. The van der Waals surface area contributed by atoms with Crippen LogP contribution in [0, 0.1) is 5.82 Å². The molecule has 1 aromatic carbocycles. The van der Waals surface area contributed by atoms with E-state index in [4.69, 9.17) is 4.74 Å². The number of carbonyl (C=O) groups is 1. The molecule has 1 unspecified atom stereocenters. The predicted octanol–water partition coefficient (Wildman–Crippen LogP) is 1.02. The maximum absolute atomic E-state index is 14.0. The van der Waals surface area contributed by atoms with Crippen molar-refractivity contribution in [1.29, 1.82) is 0 Å². The van der Waals surface area contributed by atoms with Crippen LogP contribution >= 0.6 is 0 Å². The third-order valence-corrected chi connectivity index (χ3v) is 5.50. The molecule has 1 aromatic rings. The lowest BCUT2D eigenvalue weighted by Crippen LogP contribution is -2.46. The first-order valence-corrected chi connectivity index (χ1v) is 8.68. The quantitative estimate of drug-likeness (QED) is 0.879. The molecule has 0 saturated carbocycles.